The summed E-state index contributed by atoms with van der Waals surface area (Å²) in [6, 6.07) is 7.14. The summed E-state index contributed by atoms with van der Waals surface area (Å²) < 4.78 is 26.0. The Bertz CT molecular complexity index is 1280. The zero-order chi connectivity index (χ0) is 28.5. The van der Waals surface area contributed by atoms with Gasteiger partial charge in [0.25, 0.3) is 5.91 Å². The van der Waals surface area contributed by atoms with Gasteiger partial charge >= 0.3 is 0 Å². The number of carbonyl (C=O) groups excluding carboxylic acids is 2. The smallest absolute Gasteiger partial charge is 0.254 e. The molecule has 9 nitrogen and oxygen atoms in total. The second-order valence-corrected chi connectivity index (χ2v) is 10.9. The number of hydrogen-bond acceptors (Lipinski definition) is 8. The Balaban J connectivity index is 1.17. The number of amides is 2. The van der Waals surface area contributed by atoms with Gasteiger partial charge in [0.05, 0.1) is 17.7 Å². The number of nitrogens with two attached hydrogens (primary N) is 1. The van der Waals surface area contributed by atoms with Crippen LogP contribution >= 0.6 is 11.8 Å². The van der Waals surface area contributed by atoms with E-state index in [1.165, 1.54) is 23.9 Å². The number of benzene rings is 1. The van der Waals surface area contributed by atoms with Crippen LogP contribution in [0.4, 0.5) is 10.3 Å². The molecule has 0 bridgehead atoms. The van der Waals surface area contributed by atoms with Gasteiger partial charge in [-0.3, -0.25) is 9.59 Å². The maximum Gasteiger partial charge on any atom is 0.254 e. The number of aromatic nitrogens is 2. The van der Waals surface area contributed by atoms with Gasteiger partial charge in [-0.05, 0) is 81.2 Å². The topological polar surface area (TPSA) is 124 Å². The summed E-state index contributed by atoms with van der Waals surface area (Å²) in [7, 11) is 0. The van der Waals surface area contributed by atoms with Crippen LogP contribution in [-0.2, 0) is 4.79 Å². The number of hydrogen-bond donors (Lipinski definition) is 2. The van der Waals surface area contributed by atoms with Crippen molar-refractivity contribution in [2.24, 2.45) is 11.7 Å². The van der Waals surface area contributed by atoms with Crippen molar-refractivity contribution in [1.82, 2.24) is 15.3 Å². The molecular weight excluding hydrogens is 533 g/mol. The number of ether oxygens (including phenoxy) is 1. The van der Waals surface area contributed by atoms with Gasteiger partial charge in [0.2, 0.25) is 11.9 Å². The molecule has 0 radical (unpaired) electrons. The Kier molecular flexibility index (Phi) is 10.4. The van der Waals surface area contributed by atoms with Crippen molar-refractivity contribution in [3.05, 3.63) is 59.9 Å². The van der Waals surface area contributed by atoms with Gasteiger partial charge in [-0.1, -0.05) is 0 Å². The molecule has 4 rings (SSSR count). The number of nitrogens with one attached hydrogen (secondary N) is 1. The fraction of sp³-hybridized carbons (Fsp3) is 0.448. The average molecular weight is 570 g/mol. The normalized spacial score (nSPS) is 14.6. The molecule has 2 aromatic heterocycles. The predicted molar refractivity (Wildman–Crippen MR) is 154 cm³/mol. The third-order valence-electron chi connectivity index (χ3n) is 7.03. The Morgan fingerprint density at radius 3 is 2.60 bits per heavy atom. The van der Waals surface area contributed by atoms with Crippen molar-refractivity contribution in [3.8, 4) is 17.1 Å². The number of halogens is 1. The number of thioether (sulfide) groups is 1. The molecule has 0 spiro atoms. The number of anilines is 1. The van der Waals surface area contributed by atoms with Crippen molar-refractivity contribution in [3.63, 3.8) is 0 Å². The first-order valence-corrected chi connectivity index (χ1v) is 14.9. The minimum absolute atomic E-state index is 0.149. The van der Waals surface area contributed by atoms with Crippen LogP contribution in [0.25, 0.3) is 11.3 Å². The Labute approximate surface area is 238 Å². The summed E-state index contributed by atoms with van der Waals surface area (Å²) in [4.78, 5) is 35.3. The van der Waals surface area contributed by atoms with E-state index in [2.05, 4.69) is 20.2 Å². The highest BCUT2D eigenvalue weighted by Gasteiger charge is 2.22. The van der Waals surface area contributed by atoms with Crippen molar-refractivity contribution in [1.29, 1.82) is 0 Å². The summed E-state index contributed by atoms with van der Waals surface area (Å²) in [5, 5.41) is 2.52. The van der Waals surface area contributed by atoms with Crippen molar-refractivity contribution in [2.75, 3.05) is 36.6 Å². The minimum Gasteiger partial charge on any atom is -0.493 e. The summed E-state index contributed by atoms with van der Waals surface area (Å²) in [5.41, 5.74) is 6.07. The molecule has 1 aliphatic heterocycles. The molecule has 1 atom stereocenters. The van der Waals surface area contributed by atoms with Crippen LogP contribution in [0.1, 0.15) is 48.2 Å². The Morgan fingerprint density at radius 1 is 1.23 bits per heavy atom. The third-order valence-corrected chi connectivity index (χ3v) is 7.67. The molecule has 40 heavy (non-hydrogen) atoms. The molecule has 11 heteroatoms. The fourth-order valence-electron chi connectivity index (χ4n) is 4.71. The average Bonchev–Trinajstić information content (AvgIpc) is 3.39. The van der Waals surface area contributed by atoms with E-state index < -0.39 is 23.7 Å². The number of aryl methyl sites for hydroxylation is 1. The lowest BCUT2D eigenvalue weighted by molar-refractivity contribution is -0.119. The molecule has 1 fully saturated rings. The van der Waals surface area contributed by atoms with E-state index in [4.69, 9.17) is 14.9 Å². The van der Waals surface area contributed by atoms with Gasteiger partial charge in [-0.25, -0.2) is 14.4 Å². The molecule has 3 N–H and O–H groups in total. The summed E-state index contributed by atoms with van der Waals surface area (Å²) in [6.07, 6.45) is 9.83. The zero-order valence-electron chi connectivity index (χ0n) is 22.9. The lowest BCUT2D eigenvalue weighted by atomic mass is 9.92. The van der Waals surface area contributed by atoms with Gasteiger partial charge in [0.1, 0.15) is 29.1 Å². The minimum atomic E-state index is -0.841. The number of rotatable bonds is 13. The fourth-order valence-corrected chi connectivity index (χ4v) is 5.18. The van der Waals surface area contributed by atoms with Gasteiger partial charge < -0.3 is 25.1 Å². The van der Waals surface area contributed by atoms with Gasteiger partial charge in [0.15, 0.2) is 0 Å². The quantitative estimate of drug-likeness (QED) is 0.287. The third kappa shape index (κ3) is 7.97. The van der Waals surface area contributed by atoms with E-state index in [1.807, 2.05) is 25.3 Å². The zero-order valence-corrected chi connectivity index (χ0v) is 23.7. The van der Waals surface area contributed by atoms with Crippen LogP contribution in [0.5, 0.6) is 5.75 Å². The van der Waals surface area contributed by atoms with Gasteiger partial charge in [0, 0.05) is 31.5 Å². The molecule has 214 valence electrons. The number of nitrogens with zero attached hydrogens (tertiary/aromatic N) is 3. The van der Waals surface area contributed by atoms with E-state index in [0.29, 0.717) is 30.4 Å². The van der Waals surface area contributed by atoms with Crippen LogP contribution in [0.3, 0.4) is 0 Å². The number of primary amides is 1. The number of piperidine rings is 1. The van der Waals surface area contributed by atoms with Crippen LogP contribution in [0.2, 0.25) is 0 Å². The van der Waals surface area contributed by atoms with E-state index >= 15 is 0 Å². The van der Waals surface area contributed by atoms with Crippen molar-refractivity contribution >= 4 is 29.5 Å². The van der Waals surface area contributed by atoms with E-state index in [0.717, 1.165) is 61.8 Å². The molecule has 1 aliphatic rings. The second-order valence-electron chi connectivity index (χ2n) is 9.95. The Hall–Kier alpha value is -3.60. The van der Waals surface area contributed by atoms with Gasteiger partial charge in [-0.15, -0.1) is 0 Å². The maximum absolute atomic E-state index is 14.6. The standard InChI is InChI=1S/C29H36FN5O4S/c1-19-5-8-26(39-19)21-17-32-29(33-18-21)35-12-9-20(10-13-35)4-3-14-38-22-6-7-23(24(30)16-22)28(37)34-25(27(31)36)11-15-40-2/h5-8,16-18,20,25H,3-4,9-15H2,1-2H3,(H2,31,36)(H,34,37)/t25-/m1/s1. The highest BCUT2D eigenvalue weighted by molar-refractivity contribution is 7.98. The first kappa shape index (κ1) is 29.4. The number of furan rings is 1. The van der Waals surface area contributed by atoms with Crippen LogP contribution < -0.4 is 20.7 Å². The highest BCUT2D eigenvalue weighted by atomic mass is 32.2. The molecule has 1 saturated heterocycles. The SMILES string of the molecule is CSCC[C@@H](NC(=O)c1ccc(OCCCC2CCN(c3ncc(-c4ccc(C)o4)cn3)CC2)cc1F)C(N)=O. The molecule has 0 unspecified atom stereocenters. The molecule has 1 aromatic carbocycles. The molecule has 3 aromatic rings. The Morgan fingerprint density at radius 2 is 1.98 bits per heavy atom. The predicted octanol–water partition coefficient (Wildman–Crippen LogP) is 4.60. The van der Waals surface area contributed by atoms with Crippen LogP contribution in [0, 0.1) is 18.7 Å². The lowest BCUT2D eigenvalue weighted by Gasteiger charge is -2.32. The summed E-state index contributed by atoms with van der Waals surface area (Å²) in [6.45, 7) is 4.16. The van der Waals surface area contributed by atoms with Crippen molar-refractivity contribution < 1.29 is 23.1 Å². The molecular formula is C29H36FN5O4S. The van der Waals surface area contributed by atoms with E-state index in [-0.39, 0.29) is 5.56 Å². The first-order valence-electron chi connectivity index (χ1n) is 13.5. The van der Waals surface area contributed by atoms with Crippen LogP contribution in [-0.4, -0.2) is 59.5 Å². The van der Waals surface area contributed by atoms with Crippen molar-refractivity contribution in [2.45, 2.75) is 45.1 Å². The monoisotopic (exact) mass is 569 g/mol. The van der Waals surface area contributed by atoms with E-state index in [1.54, 1.807) is 18.5 Å². The largest absolute Gasteiger partial charge is 0.493 e. The number of carbonyl (C=O) groups is 2. The maximum atomic E-state index is 14.6. The molecule has 0 saturated carbocycles. The summed E-state index contributed by atoms with van der Waals surface area (Å²) >= 11 is 1.53. The highest BCUT2D eigenvalue weighted by Crippen LogP contribution is 2.26. The van der Waals surface area contributed by atoms with Gasteiger partial charge in [-0.2, -0.15) is 11.8 Å². The molecule has 2 amide bonds. The molecule has 3 heterocycles. The first-order chi connectivity index (χ1) is 19.3. The second kappa shape index (κ2) is 14.2. The van der Waals surface area contributed by atoms with Crippen LogP contribution in [0.15, 0.2) is 47.1 Å². The molecule has 0 aliphatic carbocycles. The lowest BCUT2D eigenvalue weighted by Crippen LogP contribution is -2.45. The van der Waals surface area contributed by atoms with E-state index in [9.17, 15) is 14.0 Å². The summed E-state index contributed by atoms with van der Waals surface area (Å²) in [5.74, 6) is 1.94.